The van der Waals surface area contributed by atoms with Crippen molar-refractivity contribution in [1.29, 1.82) is 0 Å². The van der Waals surface area contributed by atoms with E-state index in [0.717, 1.165) is 24.6 Å². The number of hydrogen-bond donors (Lipinski definition) is 1. The summed E-state index contributed by atoms with van der Waals surface area (Å²) in [4.78, 5) is 47.3. The molecule has 6 rings (SSSR count). The lowest BCUT2D eigenvalue weighted by Crippen LogP contribution is -2.61. The number of ether oxygens (including phenoxy) is 2. The van der Waals surface area contributed by atoms with Gasteiger partial charge in [0.15, 0.2) is 11.4 Å². The van der Waals surface area contributed by atoms with E-state index >= 15 is 0 Å². The van der Waals surface area contributed by atoms with Crippen molar-refractivity contribution in [1.82, 2.24) is 0 Å². The molecule has 35 heavy (non-hydrogen) atoms. The maximum absolute atomic E-state index is 13.2. The summed E-state index contributed by atoms with van der Waals surface area (Å²) in [6, 6.07) is 2.71. The van der Waals surface area contributed by atoms with Crippen LogP contribution in [0.15, 0.2) is 18.2 Å². The minimum absolute atomic E-state index is 0.0164. The molecule has 2 bridgehead atoms. The van der Waals surface area contributed by atoms with Gasteiger partial charge in [-0.05, 0) is 48.9 Å². The third-order valence-electron chi connectivity index (χ3n) is 9.54. The fourth-order valence-electron chi connectivity index (χ4n) is 7.84. The average molecular weight is 486 g/mol. The van der Waals surface area contributed by atoms with Crippen LogP contribution < -0.4 is 0 Å². The molecule has 0 amide bonds. The van der Waals surface area contributed by atoms with Crippen LogP contribution in [0.5, 0.6) is 0 Å². The molecule has 1 N–H and O–H groups in total. The number of esters is 1. The number of hydrogen-bond acceptors (Lipinski definition) is 9. The number of nitrogens with zero attached hydrogens (tertiary/aromatic N) is 2. The van der Waals surface area contributed by atoms with Gasteiger partial charge in [0.25, 0.3) is 11.4 Å². The Balaban J connectivity index is 1.38. The standard InChI is InChI=1S/C24H26N2O9/c1-22(2)15-5-6-23(29)19(18(15)22)16(4-3-11-9-17(27)24(23)20(11)35-24)34-21(28)12-7-13(25(30)31)10-14(8-12)26(32)33/h7-8,10-11,15-16,18-20,29H,3-6,9H2,1-2H3/t11-,15+,16+,18+,19-,20+,23+,24-/m0/s1. The van der Waals surface area contributed by atoms with Crippen LogP contribution in [-0.2, 0) is 14.3 Å². The minimum atomic E-state index is -1.47. The molecule has 1 aliphatic heterocycles. The van der Waals surface area contributed by atoms with E-state index in [2.05, 4.69) is 13.8 Å². The number of non-ortho nitro benzene ring substituents is 2. The van der Waals surface area contributed by atoms with E-state index in [4.69, 9.17) is 9.47 Å². The largest absolute Gasteiger partial charge is 0.458 e. The molecule has 4 saturated carbocycles. The summed E-state index contributed by atoms with van der Waals surface area (Å²) < 4.78 is 11.9. The second-order valence-corrected chi connectivity index (χ2v) is 11.4. The highest BCUT2D eigenvalue weighted by atomic mass is 16.6. The lowest BCUT2D eigenvalue weighted by atomic mass is 9.63. The quantitative estimate of drug-likeness (QED) is 0.292. The van der Waals surface area contributed by atoms with Crippen molar-refractivity contribution in [2.24, 2.45) is 29.1 Å². The van der Waals surface area contributed by atoms with E-state index in [9.17, 15) is 34.9 Å². The average Bonchev–Trinajstić information content (AvgIpc) is 3.64. The first-order valence-electron chi connectivity index (χ1n) is 12.0. The zero-order chi connectivity index (χ0) is 25.1. The predicted octanol–water partition coefficient (Wildman–Crippen LogP) is 2.96. The van der Waals surface area contributed by atoms with Crippen LogP contribution in [0.25, 0.3) is 0 Å². The molecule has 4 aliphatic carbocycles. The third-order valence-corrected chi connectivity index (χ3v) is 9.54. The number of aliphatic hydroxyl groups is 1. The molecule has 8 atom stereocenters. The van der Waals surface area contributed by atoms with Gasteiger partial charge in [-0.1, -0.05) is 13.8 Å². The van der Waals surface area contributed by atoms with Gasteiger partial charge in [-0.25, -0.2) is 4.79 Å². The van der Waals surface area contributed by atoms with E-state index in [0.29, 0.717) is 31.6 Å². The number of nitro groups is 2. The number of nitro benzene ring substituents is 2. The van der Waals surface area contributed by atoms with Crippen LogP contribution in [-0.4, -0.2) is 50.1 Å². The number of epoxide rings is 1. The van der Waals surface area contributed by atoms with Crippen molar-refractivity contribution in [3.05, 3.63) is 44.0 Å². The zero-order valence-electron chi connectivity index (χ0n) is 19.3. The molecule has 0 spiro atoms. The normalized spacial score (nSPS) is 42.0. The first kappa shape index (κ1) is 22.5. The van der Waals surface area contributed by atoms with Crippen molar-refractivity contribution in [2.45, 2.75) is 69.4 Å². The Morgan fingerprint density at radius 2 is 1.74 bits per heavy atom. The van der Waals surface area contributed by atoms with Crippen molar-refractivity contribution in [2.75, 3.05) is 0 Å². The number of Topliss-reactive ketones (excluding diaryl/α,β-unsaturated/α-hetero) is 1. The van der Waals surface area contributed by atoms with Crippen LogP contribution in [0, 0.1) is 49.3 Å². The number of carbonyl (C=O) groups is 2. The van der Waals surface area contributed by atoms with E-state index in [1.54, 1.807) is 0 Å². The SMILES string of the molecule is CC1(C)[C@H]2[C@@H]3[C@H](OC(=O)c4cc([N+](=O)[O-])cc([N+](=O)[O-])c4)CC[C@H]4CC(=O)[C@@]5(O[C@H]45)[C@@]3(O)CC[C@H]21. The predicted molar refractivity (Wildman–Crippen MR) is 117 cm³/mol. The molecule has 1 aromatic carbocycles. The van der Waals surface area contributed by atoms with Gasteiger partial charge in [0.05, 0.1) is 21.5 Å². The molecule has 0 aromatic heterocycles. The van der Waals surface area contributed by atoms with Crippen LogP contribution in [0.2, 0.25) is 0 Å². The Hall–Kier alpha value is -2.92. The molecule has 186 valence electrons. The van der Waals surface area contributed by atoms with Gasteiger partial charge in [-0.2, -0.15) is 0 Å². The van der Waals surface area contributed by atoms with Crippen LogP contribution in [0.1, 0.15) is 56.3 Å². The maximum Gasteiger partial charge on any atom is 0.338 e. The minimum Gasteiger partial charge on any atom is -0.458 e. The van der Waals surface area contributed by atoms with Gasteiger partial charge in [0, 0.05) is 24.5 Å². The molecule has 1 heterocycles. The van der Waals surface area contributed by atoms with Gasteiger partial charge in [-0.15, -0.1) is 0 Å². The molecular weight excluding hydrogens is 460 g/mol. The highest BCUT2D eigenvalue weighted by molar-refractivity contribution is 5.96. The Morgan fingerprint density at radius 1 is 1.09 bits per heavy atom. The third kappa shape index (κ3) is 2.85. The van der Waals surface area contributed by atoms with Gasteiger partial charge >= 0.3 is 5.97 Å². The summed E-state index contributed by atoms with van der Waals surface area (Å²) in [5.41, 5.74) is -4.29. The maximum atomic E-state index is 13.2. The molecule has 11 nitrogen and oxygen atoms in total. The van der Waals surface area contributed by atoms with Crippen molar-refractivity contribution in [3.63, 3.8) is 0 Å². The summed E-state index contributed by atoms with van der Waals surface area (Å²) >= 11 is 0. The van der Waals surface area contributed by atoms with Crippen LogP contribution in [0.3, 0.4) is 0 Å². The van der Waals surface area contributed by atoms with E-state index < -0.39 is 50.4 Å². The highest BCUT2D eigenvalue weighted by Crippen LogP contribution is 2.75. The first-order valence-corrected chi connectivity index (χ1v) is 12.0. The highest BCUT2D eigenvalue weighted by Gasteiger charge is 2.84. The number of ketones is 1. The monoisotopic (exact) mass is 486 g/mol. The lowest BCUT2D eigenvalue weighted by molar-refractivity contribution is -0.394. The van der Waals surface area contributed by atoms with Crippen LogP contribution >= 0.6 is 0 Å². The Kier molecular flexibility index (Phi) is 4.41. The van der Waals surface area contributed by atoms with E-state index in [1.807, 2.05) is 0 Å². The van der Waals surface area contributed by atoms with Crippen LogP contribution in [0.4, 0.5) is 11.4 Å². The second kappa shape index (κ2) is 6.85. The zero-order valence-corrected chi connectivity index (χ0v) is 19.3. The van der Waals surface area contributed by atoms with Crippen molar-refractivity contribution in [3.8, 4) is 0 Å². The number of fused-ring (bicyclic) bond motifs is 3. The Morgan fingerprint density at radius 3 is 2.34 bits per heavy atom. The summed E-state index contributed by atoms with van der Waals surface area (Å²) in [6.07, 6.45) is 1.37. The summed E-state index contributed by atoms with van der Waals surface area (Å²) in [5, 5.41) is 34.7. The van der Waals surface area contributed by atoms with Crippen molar-refractivity contribution >= 4 is 23.1 Å². The van der Waals surface area contributed by atoms with Gasteiger partial charge in [0.1, 0.15) is 17.8 Å². The van der Waals surface area contributed by atoms with Gasteiger partial charge in [-0.3, -0.25) is 25.0 Å². The summed E-state index contributed by atoms with van der Waals surface area (Å²) in [5.74, 6) is -1.27. The number of rotatable bonds is 4. The number of benzene rings is 1. The molecular formula is C24H26N2O9. The van der Waals surface area contributed by atoms with Gasteiger partial charge in [0.2, 0.25) is 0 Å². The molecule has 1 saturated heterocycles. The molecule has 11 heteroatoms. The van der Waals surface area contributed by atoms with E-state index in [1.165, 1.54) is 0 Å². The Labute approximate surface area is 200 Å². The molecule has 0 unspecified atom stereocenters. The molecule has 0 radical (unpaired) electrons. The fourth-order valence-corrected chi connectivity index (χ4v) is 7.84. The smallest absolute Gasteiger partial charge is 0.338 e. The molecule has 5 fully saturated rings. The van der Waals surface area contributed by atoms with E-state index in [-0.39, 0.29) is 34.7 Å². The Bertz CT molecular complexity index is 1170. The number of carbonyl (C=O) groups excluding carboxylic acids is 2. The summed E-state index contributed by atoms with van der Waals surface area (Å²) in [7, 11) is 0. The topological polar surface area (TPSA) is 162 Å². The first-order chi connectivity index (χ1) is 16.4. The second-order valence-electron chi connectivity index (χ2n) is 11.4. The fraction of sp³-hybridized carbons (Fsp3) is 0.667. The summed E-state index contributed by atoms with van der Waals surface area (Å²) in [6.45, 7) is 4.22. The van der Waals surface area contributed by atoms with Gasteiger partial charge < -0.3 is 14.6 Å². The molecule has 5 aliphatic rings. The lowest BCUT2D eigenvalue weighted by Gasteiger charge is -2.46. The van der Waals surface area contributed by atoms with Crippen molar-refractivity contribution < 1.29 is 34.0 Å². The molecule has 1 aromatic rings.